The minimum absolute atomic E-state index is 0.129. The van der Waals surface area contributed by atoms with E-state index in [0.717, 1.165) is 37.2 Å². The molecule has 6 nitrogen and oxygen atoms in total. The van der Waals surface area contributed by atoms with Crippen LogP contribution in [0.2, 0.25) is 0 Å². The molecule has 34 heavy (non-hydrogen) atoms. The highest BCUT2D eigenvalue weighted by Gasteiger charge is 2.46. The maximum atomic E-state index is 14.1. The summed E-state index contributed by atoms with van der Waals surface area (Å²) in [5, 5.41) is 6.41. The van der Waals surface area contributed by atoms with Crippen molar-refractivity contribution in [2.24, 2.45) is 16.9 Å². The Labute approximate surface area is 201 Å². The molecular formula is C27H33FN4O2. The van der Waals surface area contributed by atoms with Crippen LogP contribution in [-0.4, -0.2) is 65.9 Å². The Balaban J connectivity index is 1.42. The molecule has 0 bridgehead atoms. The van der Waals surface area contributed by atoms with E-state index in [9.17, 15) is 9.18 Å². The lowest BCUT2D eigenvalue weighted by Crippen LogP contribution is -2.47. The van der Waals surface area contributed by atoms with Gasteiger partial charge in [-0.1, -0.05) is 30.3 Å². The van der Waals surface area contributed by atoms with Crippen molar-refractivity contribution in [3.8, 4) is 5.75 Å². The number of ether oxygens (including phenoxy) is 1. The van der Waals surface area contributed by atoms with Gasteiger partial charge in [-0.2, -0.15) is 5.10 Å². The van der Waals surface area contributed by atoms with Crippen molar-refractivity contribution in [3.63, 3.8) is 0 Å². The van der Waals surface area contributed by atoms with Crippen molar-refractivity contribution < 1.29 is 13.9 Å². The van der Waals surface area contributed by atoms with Gasteiger partial charge in [-0.3, -0.25) is 0 Å². The van der Waals surface area contributed by atoms with Crippen molar-refractivity contribution in [3.05, 3.63) is 65.5 Å². The summed E-state index contributed by atoms with van der Waals surface area (Å²) in [7, 11) is 1.87. The zero-order valence-electron chi connectivity index (χ0n) is 20.2. The smallest absolute Gasteiger partial charge is 0.340 e. The molecule has 3 aliphatic rings. The highest BCUT2D eigenvalue weighted by Crippen LogP contribution is 2.43. The monoisotopic (exact) mass is 464 g/mol. The predicted octanol–water partition coefficient (Wildman–Crippen LogP) is 4.77. The van der Waals surface area contributed by atoms with Gasteiger partial charge in [0.05, 0.1) is 24.3 Å². The van der Waals surface area contributed by atoms with Crippen LogP contribution in [0.25, 0.3) is 0 Å². The second kappa shape index (κ2) is 9.37. The molecule has 0 N–H and O–H groups in total. The molecule has 3 aliphatic heterocycles. The van der Waals surface area contributed by atoms with Gasteiger partial charge in [0, 0.05) is 31.7 Å². The van der Waals surface area contributed by atoms with Crippen LogP contribution >= 0.6 is 0 Å². The first-order chi connectivity index (χ1) is 16.4. The molecule has 0 saturated carbocycles. The third-order valence-corrected chi connectivity index (χ3v) is 7.32. The van der Waals surface area contributed by atoms with Gasteiger partial charge in [0.1, 0.15) is 11.6 Å². The lowest BCUT2D eigenvalue weighted by molar-refractivity contribution is 0.102. The summed E-state index contributed by atoms with van der Waals surface area (Å²) in [4.78, 5) is 18.1. The van der Waals surface area contributed by atoms with E-state index in [1.165, 1.54) is 12.1 Å². The Bertz CT molecular complexity index is 1070. The summed E-state index contributed by atoms with van der Waals surface area (Å²) >= 11 is 0. The number of hydrogen-bond donors (Lipinski definition) is 0. The van der Waals surface area contributed by atoms with Gasteiger partial charge in [-0.15, -0.1) is 0 Å². The van der Waals surface area contributed by atoms with Crippen LogP contribution < -0.4 is 4.74 Å². The zero-order chi connectivity index (χ0) is 23.8. The molecule has 1 fully saturated rings. The van der Waals surface area contributed by atoms with Crippen LogP contribution in [0, 0.1) is 17.7 Å². The van der Waals surface area contributed by atoms with E-state index in [2.05, 4.69) is 18.7 Å². The van der Waals surface area contributed by atoms with Crippen LogP contribution in [0.15, 0.2) is 53.6 Å². The molecule has 1 saturated heterocycles. The van der Waals surface area contributed by atoms with Crippen molar-refractivity contribution in [1.29, 1.82) is 0 Å². The largest absolute Gasteiger partial charge is 0.492 e. The SMILES string of the molecule is CC(C)N1CCCC(CN(C)C(=O)N2N=C3c4cc(F)ccc4OCC3C2c2ccccc2)C1. The first-order valence-electron chi connectivity index (χ1n) is 12.3. The van der Waals surface area contributed by atoms with Gasteiger partial charge in [0.25, 0.3) is 0 Å². The number of likely N-dealkylation sites (tertiary alicyclic amines) is 1. The standard InChI is InChI=1S/C27H33FN4O2/c1-18(2)31-13-7-8-19(16-31)15-30(3)27(33)32-26(20-9-5-4-6-10-20)23-17-34-24-12-11-21(28)14-22(24)25(23)29-32/h4-6,9-12,14,18-19,23,26H,7-8,13,15-17H2,1-3H3. The predicted molar refractivity (Wildman–Crippen MR) is 130 cm³/mol. The van der Waals surface area contributed by atoms with Crippen molar-refractivity contribution >= 4 is 11.7 Å². The van der Waals surface area contributed by atoms with E-state index in [0.29, 0.717) is 36.4 Å². The molecule has 0 aromatic heterocycles. The second-order valence-electron chi connectivity index (χ2n) is 10.0. The van der Waals surface area contributed by atoms with Gasteiger partial charge in [0.15, 0.2) is 0 Å². The minimum Gasteiger partial charge on any atom is -0.492 e. The summed E-state index contributed by atoms with van der Waals surface area (Å²) in [6.07, 6.45) is 2.28. The lowest BCUT2D eigenvalue weighted by atomic mass is 9.86. The number of amides is 2. The normalized spacial score (nSPS) is 24.3. The highest BCUT2D eigenvalue weighted by atomic mass is 19.1. The van der Waals surface area contributed by atoms with Crippen LogP contribution in [0.1, 0.15) is 43.9 Å². The number of nitrogens with zero attached hydrogens (tertiary/aromatic N) is 4. The quantitative estimate of drug-likeness (QED) is 0.655. The number of rotatable bonds is 4. The molecular weight excluding hydrogens is 431 g/mol. The molecule has 0 radical (unpaired) electrons. The van der Waals surface area contributed by atoms with E-state index in [1.807, 2.05) is 37.4 Å². The average Bonchev–Trinajstić information content (AvgIpc) is 3.24. The maximum absolute atomic E-state index is 14.1. The topological polar surface area (TPSA) is 48.4 Å². The fourth-order valence-electron chi connectivity index (χ4n) is 5.54. The lowest BCUT2D eigenvalue weighted by Gasteiger charge is -2.38. The second-order valence-corrected chi connectivity index (χ2v) is 10.0. The molecule has 2 aromatic rings. The van der Waals surface area contributed by atoms with E-state index < -0.39 is 0 Å². The molecule has 5 rings (SSSR count). The Hall–Kier alpha value is -2.93. The fraction of sp³-hybridized carbons (Fsp3) is 0.481. The number of carbonyl (C=O) groups excluding carboxylic acids is 1. The number of halogens is 1. The number of fused-ring (bicyclic) bond motifs is 3. The molecule has 3 unspecified atom stereocenters. The first kappa shape index (κ1) is 22.8. The van der Waals surface area contributed by atoms with E-state index in [4.69, 9.17) is 9.84 Å². The van der Waals surface area contributed by atoms with Crippen LogP contribution in [0.3, 0.4) is 0 Å². The molecule has 7 heteroatoms. The van der Waals surface area contributed by atoms with E-state index in [-0.39, 0.29) is 23.8 Å². The summed E-state index contributed by atoms with van der Waals surface area (Å²) < 4.78 is 20.1. The van der Waals surface area contributed by atoms with Crippen LogP contribution in [0.4, 0.5) is 9.18 Å². The number of carbonyl (C=O) groups is 1. The maximum Gasteiger partial charge on any atom is 0.340 e. The van der Waals surface area contributed by atoms with Crippen molar-refractivity contribution in [2.45, 2.75) is 38.8 Å². The van der Waals surface area contributed by atoms with E-state index in [1.54, 1.807) is 16.0 Å². The summed E-state index contributed by atoms with van der Waals surface area (Å²) in [6, 6.07) is 14.5. The van der Waals surface area contributed by atoms with Gasteiger partial charge >= 0.3 is 6.03 Å². The molecule has 0 spiro atoms. The van der Waals surface area contributed by atoms with E-state index >= 15 is 0 Å². The minimum atomic E-state index is -0.337. The van der Waals surface area contributed by atoms with Crippen molar-refractivity contribution in [2.75, 3.05) is 33.3 Å². The van der Waals surface area contributed by atoms with Crippen LogP contribution in [-0.2, 0) is 0 Å². The molecule has 0 aliphatic carbocycles. The number of piperidine rings is 1. The summed E-state index contributed by atoms with van der Waals surface area (Å²) in [5.41, 5.74) is 2.36. The average molecular weight is 465 g/mol. The molecule has 2 amide bonds. The Kier molecular flexibility index (Phi) is 6.30. The Morgan fingerprint density at radius 3 is 2.79 bits per heavy atom. The van der Waals surface area contributed by atoms with Gasteiger partial charge in [-0.05, 0) is 62.9 Å². The van der Waals surface area contributed by atoms with Crippen molar-refractivity contribution in [1.82, 2.24) is 14.8 Å². The van der Waals surface area contributed by atoms with Crippen LogP contribution in [0.5, 0.6) is 5.75 Å². The number of urea groups is 1. The Morgan fingerprint density at radius 2 is 2.03 bits per heavy atom. The molecule has 3 heterocycles. The molecule has 2 aromatic carbocycles. The number of hydrazone groups is 1. The highest BCUT2D eigenvalue weighted by molar-refractivity contribution is 6.07. The molecule has 180 valence electrons. The van der Waals surface area contributed by atoms with Gasteiger partial charge in [-0.25, -0.2) is 14.2 Å². The third-order valence-electron chi connectivity index (χ3n) is 7.32. The Morgan fingerprint density at radius 1 is 1.24 bits per heavy atom. The van der Waals surface area contributed by atoms with Gasteiger partial charge < -0.3 is 14.5 Å². The fourth-order valence-corrected chi connectivity index (χ4v) is 5.54. The first-order valence-corrected chi connectivity index (χ1v) is 12.3. The third kappa shape index (κ3) is 4.29. The zero-order valence-corrected chi connectivity index (χ0v) is 20.2. The number of hydrogen-bond acceptors (Lipinski definition) is 4. The number of benzene rings is 2. The van der Waals surface area contributed by atoms with Gasteiger partial charge in [0.2, 0.25) is 0 Å². The molecule has 3 atom stereocenters. The summed E-state index contributed by atoms with van der Waals surface area (Å²) in [6.45, 7) is 7.68. The summed E-state index contributed by atoms with van der Waals surface area (Å²) in [5.74, 6) is 0.564.